The van der Waals surface area contributed by atoms with Crippen LogP contribution in [0.5, 0.6) is 0 Å². The smallest absolute Gasteiger partial charge is 0.249 e. The maximum atomic E-state index is 12.5. The van der Waals surface area contributed by atoms with Gasteiger partial charge in [0, 0.05) is 11.6 Å². The highest BCUT2D eigenvalue weighted by atomic mass is 35.5. The molecule has 0 saturated carbocycles. The summed E-state index contributed by atoms with van der Waals surface area (Å²) in [5.41, 5.74) is 5.94. The number of piperidine rings is 1. The molecule has 122 valence electrons. The minimum absolute atomic E-state index is 0. The molecular weight excluding hydrogens is 344 g/mol. The average molecular weight is 363 g/mol. The fourth-order valence-electron chi connectivity index (χ4n) is 2.80. The zero-order valence-corrected chi connectivity index (χ0v) is 14.4. The molecule has 6 nitrogen and oxygen atoms in total. The summed E-state index contributed by atoms with van der Waals surface area (Å²) in [5, 5.41) is 5.26. The van der Waals surface area contributed by atoms with Crippen molar-refractivity contribution in [3.05, 3.63) is 11.6 Å². The topological polar surface area (TPSA) is 88.3 Å². The van der Waals surface area contributed by atoms with Gasteiger partial charge in [0.25, 0.3) is 0 Å². The lowest BCUT2D eigenvalue weighted by atomic mass is 9.99. The number of carbonyl (C=O) groups is 2. The lowest BCUT2D eigenvalue weighted by Gasteiger charge is -2.40. The van der Waals surface area contributed by atoms with E-state index in [0.717, 1.165) is 18.6 Å². The molecule has 0 aromatic carbocycles. The van der Waals surface area contributed by atoms with E-state index in [1.807, 2.05) is 5.38 Å². The zero-order chi connectivity index (χ0) is 14.8. The molecule has 3 heterocycles. The number of rotatable bonds is 2. The fourth-order valence-corrected chi connectivity index (χ4v) is 4.74. The van der Waals surface area contributed by atoms with Gasteiger partial charge in [0.15, 0.2) is 5.13 Å². The number of thioether (sulfide) groups is 1. The Morgan fingerprint density at radius 1 is 1.41 bits per heavy atom. The third kappa shape index (κ3) is 3.56. The van der Waals surface area contributed by atoms with Crippen molar-refractivity contribution in [3.8, 4) is 0 Å². The van der Waals surface area contributed by atoms with Crippen molar-refractivity contribution in [3.63, 3.8) is 0 Å². The average Bonchev–Trinajstić information content (AvgIpc) is 2.94. The highest BCUT2D eigenvalue weighted by Crippen LogP contribution is 2.34. The SMILES string of the molecule is Cl.NC1CCSC2CCCC(C(=O)Nc3nccs3)N2C1=O. The Kier molecular flexibility index (Phi) is 6.08. The van der Waals surface area contributed by atoms with E-state index in [0.29, 0.717) is 18.0 Å². The van der Waals surface area contributed by atoms with E-state index in [1.165, 1.54) is 11.3 Å². The van der Waals surface area contributed by atoms with Gasteiger partial charge in [-0.05, 0) is 31.4 Å². The van der Waals surface area contributed by atoms with Crippen LogP contribution in [0.1, 0.15) is 25.7 Å². The number of amides is 2. The maximum Gasteiger partial charge on any atom is 0.249 e. The largest absolute Gasteiger partial charge is 0.320 e. The summed E-state index contributed by atoms with van der Waals surface area (Å²) in [4.78, 5) is 30.8. The van der Waals surface area contributed by atoms with E-state index < -0.39 is 12.1 Å². The van der Waals surface area contributed by atoms with Crippen LogP contribution in [-0.2, 0) is 9.59 Å². The van der Waals surface area contributed by atoms with Gasteiger partial charge in [0.2, 0.25) is 11.8 Å². The molecule has 3 atom stereocenters. The number of anilines is 1. The quantitative estimate of drug-likeness (QED) is 0.835. The number of hydrogen-bond acceptors (Lipinski definition) is 6. The summed E-state index contributed by atoms with van der Waals surface area (Å²) in [6, 6.07) is -0.924. The number of nitrogens with one attached hydrogen (secondary N) is 1. The van der Waals surface area contributed by atoms with Gasteiger partial charge in [-0.25, -0.2) is 4.98 Å². The number of nitrogens with zero attached hydrogens (tertiary/aromatic N) is 2. The standard InChI is InChI=1S/C13H18N4O2S2.ClH/c14-8-4-6-20-10-3-1-2-9(17(10)12(8)19)11(18)16-13-15-5-7-21-13;/h5,7-10H,1-4,6,14H2,(H,15,16,18);1H. The first kappa shape index (κ1) is 17.5. The predicted octanol–water partition coefficient (Wildman–Crippen LogP) is 1.67. The van der Waals surface area contributed by atoms with E-state index >= 15 is 0 Å². The molecule has 3 rings (SSSR count). The van der Waals surface area contributed by atoms with Crippen LogP contribution in [0.4, 0.5) is 5.13 Å². The van der Waals surface area contributed by atoms with Crippen molar-refractivity contribution in [2.24, 2.45) is 5.73 Å². The first-order valence-corrected chi connectivity index (χ1v) is 8.99. The lowest BCUT2D eigenvalue weighted by Crippen LogP contribution is -2.56. The van der Waals surface area contributed by atoms with Crippen molar-refractivity contribution in [2.45, 2.75) is 43.1 Å². The van der Waals surface area contributed by atoms with Crippen molar-refractivity contribution in [1.82, 2.24) is 9.88 Å². The van der Waals surface area contributed by atoms with Crippen LogP contribution in [0.25, 0.3) is 0 Å². The molecule has 2 aliphatic heterocycles. The molecule has 2 amide bonds. The zero-order valence-electron chi connectivity index (χ0n) is 11.9. The summed E-state index contributed by atoms with van der Waals surface area (Å²) in [5.74, 6) is 0.621. The Morgan fingerprint density at radius 2 is 2.23 bits per heavy atom. The molecule has 1 aromatic heterocycles. The van der Waals surface area contributed by atoms with Crippen molar-refractivity contribution >= 4 is 52.5 Å². The van der Waals surface area contributed by atoms with Crippen LogP contribution in [0.15, 0.2) is 11.6 Å². The van der Waals surface area contributed by atoms with Gasteiger partial charge in [-0.1, -0.05) is 0 Å². The van der Waals surface area contributed by atoms with Crippen LogP contribution in [0.3, 0.4) is 0 Å². The second kappa shape index (κ2) is 7.63. The minimum atomic E-state index is -0.490. The Labute approximate surface area is 143 Å². The molecule has 0 bridgehead atoms. The van der Waals surface area contributed by atoms with Crippen LogP contribution in [0.2, 0.25) is 0 Å². The third-order valence-corrected chi connectivity index (χ3v) is 5.86. The highest BCUT2D eigenvalue weighted by molar-refractivity contribution is 7.99. The normalized spacial score (nSPS) is 28.3. The van der Waals surface area contributed by atoms with Crippen LogP contribution >= 0.6 is 35.5 Å². The Bertz CT molecular complexity index is 528. The first-order chi connectivity index (χ1) is 10.2. The first-order valence-electron chi connectivity index (χ1n) is 7.06. The molecule has 3 unspecified atom stereocenters. The second-order valence-electron chi connectivity index (χ2n) is 5.24. The molecule has 9 heteroatoms. The molecule has 2 fully saturated rings. The monoisotopic (exact) mass is 362 g/mol. The molecule has 3 N–H and O–H groups in total. The molecule has 1 aromatic rings. The Balaban J connectivity index is 0.00000176. The van der Waals surface area contributed by atoms with Gasteiger partial charge in [-0.2, -0.15) is 0 Å². The molecular formula is C13H19ClN4O2S2. The number of hydrogen-bond donors (Lipinski definition) is 2. The minimum Gasteiger partial charge on any atom is -0.320 e. The number of nitrogens with two attached hydrogens (primary N) is 1. The third-order valence-electron chi connectivity index (χ3n) is 3.85. The highest BCUT2D eigenvalue weighted by Gasteiger charge is 2.41. The Morgan fingerprint density at radius 3 is 2.95 bits per heavy atom. The van der Waals surface area contributed by atoms with E-state index in [2.05, 4.69) is 10.3 Å². The van der Waals surface area contributed by atoms with Crippen LogP contribution in [0, 0.1) is 0 Å². The van der Waals surface area contributed by atoms with Crippen LogP contribution in [-0.4, -0.2) is 44.9 Å². The summed E-state index contributed by atoms with van der Waals surface area (Å²) < 4.78 is 0. The number of fused-ring (bicyclic) bond motifs is 1. The van der Waals surface area contributed by atoms with Gasteiger partial charge in [0.1, 0.15) is 6.04 Å². The predicted molar refractivity (Wildman–Crippen MR) is 91.3 cm³/mol. The molecule has 0 aliphatic carbocycles. The van der Waals surface area contributed by atoms with E-state index in [9.17, 15) is 9.59 Å². The number of aromatic nitrogens is 1. The summed E-state index contributed by atoms with van der Waals surface area (Å²) in [6.07, 6.45) is 4.90. The van der Waals surface area contributed by atoms with Gasteiger partial charge in [-0.3, -0.25) is 9.59 Å². The Hall–Kier alpha value is -0.830. The number of thiazole rings is 1. The van der Waals surface area contributed by atoms with Gasteiger partial charge in [-0.15, -0.1) is 35.5 Å². The number of halogens is 1. The summed E-state index contributed by atoms with van der Waals surface area (Å²) >= 11 is 3.11. The molecule has 0 spiro atoms. The van der Waals surface area contributed by atoms with Gasteiger partial charge in [0.05, 0.1) is 11.4 Å². The van der Waals surface area contributed by atoms with Gasteiger partial charge < -0.3 is 16.0 Å². The summed E-state index contributed by atoms with van der Waals surface area (Å²) in [6.45, 7) is 0. The number of carbonyl (C=O) groups excluding carboxylic acids is 2. The second-order valence-corrected chi connectivity index (χ2v) is 7.42. The van der Waals surface area contributed by atoms with Crippen molar-refractivity contribution in [1.29, 1.82) is 0 Å². The van der Waals surface area contributed by atoms with E-state index in [1.54, 1.807) is 22.9 Å². The van der Waals surface area contributed by atoms with E-state index in [4.69, 9.17) is 5.73 Å². The molecule has 2 saturated heterocycles. The van der Waals surface area contributed by atoms with Crippen LogP contribution < -0.4 is 11.1 Å². The molecule has 2 aliphatic rings. The fraction of sp³-hybridized carbons (Fsp3) is 0.615. The lowest BCUT2D eigenvalue weighted by molar-refractivity contribution is -0.142. The summed E-state index contributed by atoms with van der Waals surface area (Å²) in [7, 11) is 0. The molecule has 0 radical (unpaired) electrons. The maximum absolute atomic E-state index is 12.5. The van der Waals surface area contributed by atoms with Crippen molar-refractivity contribution < 1.29 is 9.59 Å². The van der Waals surface area contributed by atoms with Gasteiger partial charge >= 0.3 is 0 Å². The molecule has 22 heavy (non-hydrogen) atoms. The van der Waals surface area contributed by atoms with E-state index in [-0.39, 0.29) is 29.6 Å². The van der Waals surface area contributed by atoms with Crippen molar-refractivity contribution in [2.75, 3.05) is 11.1 Å².